The molecule has 1 aromatic rings. The van der Waals surface area contributed by atoms with Gasteiger partial charge in [0.25, 0.3) is 0 Å². The Hall–Kier alpha value is -1.51. The number of benzene rings is 1. The van der Waals surface area contributed by atoms with E-state index in [-0.39, 0.29) is 18.0 Å². The molecular weight excluding hydrogens is 312 g/mol. The van der Waals surface area contributed by atoms with Crippen molar-refractivity contribution in [1.29, 1.82) is 0 Å². The van der Waals surface area contributed by atoms with Crippen molar-refractivity contribution in [2.75, 3.05) is 6.61 Å². The number of esters is 1. The summed E-state index contributed by atoms with van der Waals surface area (Å²) in [5.41, 5.74) is 1.08. The maximum absolute atomic E-state index is 12.0. The summed E-state index contributed by atoms with van der Waals surface area (Å²) in [5, 5.41) is 0. The third kappa shape index (κ3) is 6.72. The molecule has 1 aliphatic rings. The number of rotatable bonds is 12. The van der Waals surface area contributed by atoms with Crippen LogP contribution in [-0.2, 0) is 9.53 Å². The van der Waals surface area contributed by atoms with E-state index in [0.29, 0.717) is 0 Å². The molecule has 1 aliphatic heterocycles. The number of carbonyl (C=O) groups excluding carboxylic acids is 1. The van der Waals surface area contributed by atoms with Gasteiger partial charge in [-0.3, -0.25) is 4.79 Å². The molecule has 0 radical (unpaired) electrons. The maximum atomic E-state index is 12.0. The van der Waals surface area contributed by atoms with Gasteiger partial charge in [0, 0.05) is 6.42 Å². The summed E-state index contributed by atoms with van der Waals surface area (Å²) in [6, 6.07) is 8.08. The molecule has 1 heterocycles. The van der Waals surface area contributed by atoms with Crippen molar-refractivity contribution >= 4 is 5.97 Å². The van der Waals surface area contributed by atoms with Gasteiger partial charge in [-0.15, -0.1) is 0 Å². The van der Waals surface area contributed by atoms with Gasteiger partial charge in [0.05, 0.1) is 12.5 Å². The van der Waals surface area contributed by atoms with Gasteiger partial charge in [-0.2, -0.15) is 0 Å². The minimum atomic E-state index is -0.0813. The number of cyclic esters (lactones) is 1. The van der Waals surface area contributed by atoms with Crippen molar-refractivity contribution in [3.63, 3.8) is 0 Å². The lowest BCUT2D eigenvalue weighted by Gasteiger charge is -2.11. The Morgan fingerprint density at radius 1 is 0.960 bits per heavy atom. The van der Waals surface area contributed by atoms with Crippen LogP contribution in [0.5, 0.6) is 5.75 Å². The molecule has 2 atom stereocenters. The fourth-order valence-corrected chi connectivity index (χ4v) is 3.39. The Morgan fingerprint density at radius 3 is 2.36 bits per heavy atom. The molecule has 0 aromatic heterocycles. The van der Waals surface area contributed by atoms with Gasteiger partial charge in [-0.1, -0.05) is 70.9 Å². The predicted octanol–water partition coefficient (Wildman–Crippen LogP) is 6.22. The van der Waals surface area contributed by atoms with Crippen LogP contribution in [0.4, 0.5) is 0 Å². The Balaban J connectivity index is 1.73. The van der Waals surface area contributed by atoms with Gasteiger partial charge >= 0.3 is 5.97 Å². The minimum Gasteiger partial charge on any atom is -0.494 e. The lowest BCUT2D eigenvalue weighted by atomic mass is 9.95. The first-order valence-electron chi connectivity index (χ1n) is 10.2. The Bertz CT molecular complexity index is 494. The molecule has 1 saturated heterocycles. The first kappa shape index (κ1) is 19.8. The van der Waals surface area contributed by atoms with Gasteiger partial charge < -0.3 is 9.47 Å². The summed E-state index contributed by atoms with van der Waals surface area (Å²) in [4.78, 5) is 12.0. The molecule has 0 amide bonds. The fourth-order valence-electron chi connectivity index (χ4n) is 3.39. The van der Waals surface area contributed by atoms with Gasteiger partial charge in [-0.25, -0.2) is 0 Å². The standard InChI is InChI=1S/C22H34O3/c1-3-5-7-8-10-16-24-20-14-12-18(13-15-20)21-17-19(22(23)25-21)11-9-6-4-2/h12-15,19,21H,3-11,16-17H2,1-2H3. The van der Waals surface area contributed by atoms with Crippen LogP contribution < -0.4 is 4.74 Å². The molecule has 0 aliphatic carbocycles. The Kier molecular flexibility index (Phi) is 8.85. The normalized spacial score (nSPS) is 19.8. The van der Waals surface area contributed by atoms with Gasteiger partial charge in [0.2, 0.25) is 0 Å². The van der Waals surface area contributed by atoms with E-state index in [4.69, 9.17) is 9.47 Å². The SMILES string of the molecule is CCCCCCCOc1ccc(C2CC(CCCCC)C(=O)O2)cc1. The van der Waals surface area contributed by atoms with Crippen LogP contribution in [0.3, 0.4) is 0 Å². The summed E-state index contributed by atoms with van der Waals surface area (Å²) in [6.07, 6.45) is 11.4. The molecule has 140 valence electrons. The largest absolute Gasteiger partial charge is 0.494 e. The summed E-state index contributed by atoms with van der Waals surface area (Å²) < 4.78 is 11.4. The zero-order valence-electron chi connectivity index (χ0n) is 16.0. The van der Waals surface area contributed by atoms with E-state index in [1.165, 1.54) is 38.5 Å². The summed E-state index contributed by atoms with van der Waals surface area (Å²) in [6.45, 7) is 5.19. The van der Waals surface area contributed by atoms with Crippen LogP contribution in [-0.4, -0.2) is 12.6 Å². The second kappa shape index (κ2) is 11.2. The van der Waals surface area contributed by atoms with E-state index in [2.05, 4.69) is 13.8 Å². The Morgan fingerprint density at radius 2 is 1.64 bits per heavy atom. The molecule has 0 N–H and O–H groups in total. The van der Waals surface area contributed by atoms with Crippen molar-refractivity contribution in [2.24, 2.45) is 5.92 Å². The third-order valence-corrected chi connectivity index (χ3v) is 5.01. The lowest BCUT2D eigenvalue weighted by Crippen LogP contribution is -2.06. The van der Waals surface area contributed by atoms with Crippen molar-refractivity contribution in [3.8, 4) is 5.75 Å². The van der Waals surface area contributed by atoms with E-state index in [1.807, 2.05) is 24.3 Å². The van der Waals surface area contributed by atoms with Crippen molar-refractivity contribution in [3.05, 3.63) is 29.8 Å². The van der Waals surface area contributed by atoms with Crippen LogP contribution in [0, 0.1) is 5.92 Å². The minimum absolute atomic E-state index is 0.0199. The van der Waals surface area contributed by atoms with E-state index < -0.39 is 0 Å². The highest BCUT2D eigenvalue weighted by molar-refractivity contribution is 5.74. The first-order chi connectivity index (χ1) is 12.2. The van der Waals surface area contributed by atoms with Gasteiger partial charge in [-0.05, 0) is 30.5 Å². The zero-order chi connectivity index (χ0) is 17.9. The number of ether oxygens (including phenoxy) is 2. The summed E-state index contributed by atoms with van der Waals surface area (Å²) >= 11 is 0. The molecular formula is C22H34O3. The second-order valence-electron chi connectivity index (χ2n) is 7.19. The molecule has 2 rings (SSSR count). The monoisotopic (exact) mass is 346 g/mol. The smallest absolute Gasteiger partial charge is 0.309 e. The van der Waals surface area contributed by atoms with Crippen molar-refractivity contribution in [2.45, 2.75) is 84.2 Å². The van der Waals surface area contributed by atoms with Crippen LogP contribution in [0.2, 0.25) is 0 Å². The molecule has 0 saturated carbocycles. The highest BCUT2D eigenvalue weighted by Gasteiger charge is 2.34. The summed E-state index contributed by atoms with van der Waals surface area (Å²) in [5.74, 6) is 0.965. The average molecular weight is 347 g/mol. The van der Waals surface area contributed by atoms with Crippen LogP contribution in [0.1, 0.15) is 89.7 Å². The molecule has 1 aromatic carbocycles. The zero-order valence-corrected chi connectivity index (χ0v) is 16.0. The number of unbranched alkanes of at least 4 members (excludes halogenated alkanes) is 6. The number of hydrogen-bond donors (Lipinski definition) is 0. The predicted molar refractivity (Wildman–Crippen MR) is 102 cm³/mol. The molecule has 3 heteroatoms. The van der Waals surface area contributed by atoms with E-state index in [0.717, 1.165) is 43.6 Å². The van der Waals surface area contributed by atoms with Gasteiger partial charge in [0.1, 0.15) is 11.9 Å². The molecule has 2 unspecified atom stereocenters. The van der Waals surface area contributed by atoms with Crippen LogP contribution in [0.25, 0.3) is 0 Å². The molecule has 0 spiro atoms. The van der Waals surface area contributed by atoms with Crippen LogP contribution in [0.15, 0.2) is 24.3 Å². The van der Waals surface area contributed by atoms with E-state index in [1.54, 1.807) is 0 Å². The van der Waals surface area contributed by atoms with Crippen molar-refractivity contribution in [1.82, 2.24) is 0 Å². The first-order valence-corrected chi connectivity index (χ1v) is 10.2. The molecule has 1 fully saturated rings. The quantitative estimate of drug-likeness (QED) is 0.333. The van der Waals surface area contributed by atoms with Crippen LogP contribution >= 0.6 is 0 Å². The number of hydrogen-bond acceptors (Lipinski definition) is 3. The topological polar surface area (TPSA) is 35.5 Å². The Labute approximate surface area is 153 Å². The lowest BCUT2D eigenvalue weighted by molar-refractivity contribution is -0.144. The molecule has 0 bridgehead atoms. The number of carbonyl (C=O) groups is 1. The third-order valence-electron chi connectivity index (χ3n) is 5.01. The molecule has 3 nitrogen and oxygen atoms in total. The average Bonchev–Trinajstić information content (AvgIpc) is 3.00. The molecule has 25 heavy (non-hydrogen) atoms. The maximum Gasteiger partial charge on any atom is 0.309 e. The second-order valence-corrected chi connectivity index (χ2v) is 7.19. The van der Waals surface area contributed by atoms with E-state index >= 15 is 0 Å². The highest BCUT2D eigenvalue weighted by Crippen LogP contribution is 2.36. The van der Waals surface area contributed by atoms with E-state index in [9.17, 15) is 4.79 Å². The fraction of sp³-hybridized carbons (Fsp3) is 0.682. The highest BCUT2D eigenvalue weighted by atomic mass is 16.6. The summed E-state index contributed by atoms with van der Waals surface area (Å²) in [7, 11) is 0. The van der Waals surface area contributed by atoms with Gasteiger partial charge in [0.15, 0.2) is 0 Å². The van der Waals surface area contributed by atoms with Crippen molar-refractivity contribution < 1.29 is 14.3 Å².